The molecule has 0 radical (unpaired) electrons. The molecule has 11 atom stereocenters. The van der Waals surface area contributed by atoms with Gasteiger partial charge >= 0.3 is 0 Å². The molecule has 0 heterocycles. The first-order valence-corrected chi connectivity index (χ1v) is 20.9. The minimum absolute atomic E-state index is 0.0756. The summed E-state index contributed by atoms with van der Waals surface area (Å²) in [5.74, 6) is 1.35. The van der Waals surface area contributed by atoms with Gasteiger partial charge in [0.15, 0.2) is 0 Å². The average Bonchev–Trinajstić information content (AvgIpc) is 3.41. The Kier molecular flexibility index (Phi) is 15.8. The van der Waals surface area contributed by atoms with Gasteiger partial charge in [0, 0.05) is 12.8 Å². The first kappa shape index (κ1) is 39.8. The maximum absolute atomic E-state index is 12.8. The second-order valence-electron chi connectivity index (χ2n) is 17.7. The van der Waals surface area contributed by atoms with Crippen LogP contribution in [0.15, 0.2) is 0 Å². The molecule has 0 aromatic rings. The molecule has 4 aliphatic rings. The van der Waals surface area contributed by atoms with Crippen LogP contribution in [0.1, 0.15) is 188 Å². The Hall–Kier alpha value is -0.980. The molecule has 0 aliphatic heterocycles. The molecule has 278 valence electrons. The third kappa shape index (κ3) is 9.87. The van der Waals surface area contributed by atoms with E-state index in [1.807, 2.05) is 0 Å². The van der Waals surface area contributed by atoms with Gasteiger partial charge in [0.2, 0.25) is 11.8 Å². The van der Waals surface area contributed by atoms with Gasteiger partial charge in [-0.1, -0.05) is 118 Å². The van der Waals surface area contributed by atoms with E-state index in [1.54, 1.807) is 0 Å². The summed E-state index contributed by atoms with van der Waals surface area (Å²) < 4.78 is 0. The van der Waals surface area contributed by atoms with Crippen molar-refractivity contribution in [3.8, 4) is 0 Å². The fourth-order valence-corrected chi connectivity index (χ4v) is 11.6. The Balaban J connectivity index is 1.09. The van der Waals surface area contributed by atoms with Crippen LogP contribution in [0.3, 0.4) is 0 Å². The molecule has 6 heteroatoms. The molecule has 4 N–H and O–H groups in total. The quantitative estimate of drug-likeness (QED) is 0.0964. The van der Waals surface area contributed by atoms with E-state index < -0.39 is 6.10 Å². The van der Waals surface area contributed by atoms with Crippen LogP contribution in [0, 0.1) is 46.3 Å². The van der Waals surface area contributed by atoms with E-state index in [-0.39, 0.29) is 52.6 Å². The van der Waals surface area contributed by atoms with Crippen LogP contribution in [-0.2, 0) is 9.59 Å². The van der Waals surface area contributed by atoms with Crippen molar-refractivity contribution in [3.63, 3.8) is 0 Å². The number of rotatable bonds is 20. The summed E-state index contributed by atoms with van der Waals surface area (Å²) in [5.41, 5.74) is -0.190. The summed E-state index contributed by atoms with van der Waals surface area (Å²) in [5, 5.41) is 36.3. The molecule has 2 amide bonds. The third-order valence-electron chi connectivity index (χ3n) is 14.6. The predicted octanol–water partition coefficient (Wildman–Crippen LogP) is 9.27. The Labute approximate surface area is 294 Å². The van der Waals surface area contributed by atoms with Gasteiger partial charge in [0.05, 0.1) is 18.3 Å². The standard InChI is InChI=1S/C42H75NO5/c1-5-6-7-8-9-10-11-12-13-14-15-16-17-18-19-20-38(47)43-39(48)24-21-30(2)33-22-23-34-40-35(29-37(46)42(33,34)4)41(3)26-25-32(44)27-31(41)28-36(40)45/h30-37,40,44-46H,5-29H2,1-4H3,(H,43,47,48)/t30-,31+,32-,33-,34+,35+,36-,37+,40+,41+,42-/m1/s1. The van der Waals surface area contributed by atoms with Gasteiger partial charge in [0.25, 0.3) is 0 Å². The number of unbranched alkanes of at least 4 members (excludes halogenated alkanes) is 14. The van der Waals surface area contributed by atoms with Crippen LogP contribution >= 0.6 is 0 Å². The monoisotopic (exact) mass is 674 g/mol. The summed E-state index contributed by atoms with van der Waals surface area (Å²) in [6, 6.07) is 0. The number of hydrogen-bond acceptors (Lipinski definition) is 5. The van der Waals surface area contributed by atoms with Crippen LogP contribution < -0.4 is 5.32 Å². The molecule has 0 spiro atoms. The molecule has 0 aromatic carbocycles. The highest BCUT2D eigenvalue weighted by atomic mass is 16.3. The van der Waals surface area contributed by atoms with Gasteiger partial charge in [-0.15, -0.1) is 0 Å². The topological polar surface area (TPSA) is 107 Å². The maximum atomic E-state index is 12.8. The molecule has 4 saturated carbocycles. The summed E-state index contributed by atoms with van der Waals surface area (Å²) in [4.78, 5) is 25.2. The van der Waals surface area contributed by atoms with Crippen LogP contribution in [0.25, 0.3) is 0 Å². The lowest BCUT2D eigenvalue weighted by atomic mass is 9.43. The Morgan fingerprint density at radius 1 is 0.708 bits per heavy atom. The van der Waals surface area contributed by atoms with Crippen molar-refractivity contribution in [1.29, 1.82) is 0 Å². The lowest BCUT2D eigenvalue weighted by Gasteiger charge is -2.63. The number of hydrogen-bond donors (Lipinski definition) is 4. The van der Waals surface area contributed by atoms with E-state index in [0.717, 1.165) is 57.8 Å². The molecule has 0 aromatic heterocycles. The third-order valence-corrected chi connectivity index (χ3v) is 14.6. The second kappa shape index (κ2) is 19.0. The number of carbonyl (C=O) groups is 2. The number of aliphatic hydroxyl groups excluding tert-OH is 3. The summed E-state index contributed by atoms with van der Waals surface area (Å²) >= 11 is 0. The molecular weight excluding hydrogens is 598 g/mol. The number of aliphatic hydroxyl groups is 3. The lowest BCUT2D eigenvalue weighted by molar-refractivity contribution is -0.207. The first-order valence-electron chi connectivity index (χ1n) is 20.9. The average molecular weight is 674 g/mol. The molecule has 4 fully saturated rings. The van der Waals surface area contributed by atoms with Gasteiger partial charge in [-0.2, -0.15) is 0 Å². The van der Waals surface area contributed by atoms with Crippen molar-refractivity contribution in [2.45, 2.75) is 207 Å². The van der Waals surface area contributed by atoms with E-state index >= 15 is 0 Å². The highest BCUT2D eigenvalue weighted by molar-refractivity contribution is 5.95. The zero-order valence-electron chi connectivity index (χ0n) is 31.5. The van der Waals surface area contributed by atoms with Crippen molar-refractivity contribution in [1.82, 2.24) is 5.32 Å². The van der Waals surface area contributed by atoms with Crippen molar-refractivity contribution in [3.05, 3.63) is 0 Å². The van der Waals surface area contributed by atoms with Crippen LogP contribution in [0.5, 0.6) is 0 Å². The molecule has 0 unspecified atom stereocenters. The molecule has 6 nitrogen and oxygen atoms in total. The smallest absolute Gasteiger partial charge is 0.226 e. The van der Waals surface area contributed by atoms with Crippen LogP contribution in [0.2, 0.25) is 0 Å². The van der Waals surface area contributed by atoms with E-state index in [2.05, 4.69) is 33.0 Å². The normalized spacial score (nSPS) is 36.6. The lowest BCUT2D eigenvalue weighted by Crippen LogP contribution is -2.62. The highest BCUT2D eigenvalue weighted by Crippen LogP contribution is 2.68. The molecular formula is C42H75NO5. The SMILES string of the molecule is CCCCCCCCCCCCCCCCCC(=O)NC(=O)CC[C@@H](C)[C@H]1CC[C@H]2[C@@H]3[C@H](O)C[C@@H]4C[C@H](O)CC[C@]4(C)[C@H]3C[C@H](O)[C@]12C. The van der Waals surface area contributed by atoms with E-state index in [4.69, 9.17) is 0 Å². The number of carbonyl (C=O) groups excluding carboxylic acids is 2. The van der Waals surface area contributed by atoms with Crippen molar-refractivity contribution >= 4 is 11.8 Å². The minimum Gasteiger partial charge on any atom is -0.393 e. The van der Waals surface area contributed by atoms with Crippen LogP contribution in [-0.4, -0.2) is 45.4 Å². The number of imide groups is 1. The Morgan fingerprint density at radius 3 is 1.88 bits per heavy atom. The van der Waals surface area contributed by atoms with Gasteiger partial charge < -0.3 is 15.3 Å². The summed E-state index contributed by atoms with van der Waals surface area (Å²) in [7, 11) is 0. The zero-order valence-corrected chi connectivity index (χ0v) is 31.5. The largest absolute Gasteiger partial charge is 0.393 e. The van der Waals surface area contributed by atoms with Crippen molar-refractivity contribution in [2.24, 2.45) is 46.3 Å². The Morgan fingerprint density at radius 2 is 1.27 bits per heavy atom. The van der Waals surface area contributed by atoms with Crippen LogP contribution in [0.4, 0.5) is 0 Å². The van der Waals surface area contributed by atoms with Crippen molar-refractivity contribution < 1.29 is 24.9 Å². The molecule has 48 heavy (non-hydrogen) atoms. The summed E-state index contributed by atoms with van der Waals surface area (Å²) in [6.45, 7) is 9.13. The van der Waals surface area contributed by atoms with E-state index in [0.29, 0.717) is 37.0 Å². The molecule has 0 saturated heterocycles. The number of fused-ring (bicyclic) bond motifs is 5. The van der Waals surface area contributed by atoms with E-state index in [1.165, 1.54) is 83.5 Å². The van der Waals surface area contributed by atoms with Gasteiger partial charge in [-0.25, -0.2) is 0 Å². The maximum Gasteiger partial charge on any atom is 0.226 e. The molecule has 4 aliphatic carbocycles. The number of nitrogens with one attached hydrogen (secondary N) is 1. The van der Waals surface area contributed by atoms with Gasteiger partial charge in [-0.05, 0) is 104 Å². The van der Waals surface area contributed by atoms with Gasteiger partial charge in [-0.3, -0.25) is 14.9 Å². The fraction of sp³-hybridized carbons (Fsp3) is 0.952. The van der Waals surface area contributed by atoms with Gasteiger partial charge in [0.1, 0.15) is 0 Å². The zero-order chi connectivity index (χ0) is 34.7. The molecule has 0 bridgehead atoms. The minimum atomic E-state index is -0.418. The Bertz CT molecular complexity index is 987. The number of amides is 2. The first-order chi connectivity index (χ1) is 23.0. The van der Waals surface area contributed by atoms with Crippen molar-refractivity contribution in [2.75, 3.05) is 0 Å². The highest BCUT2D eigenvalue weighted by Gasteiger charge is 2.65. The predicted molar refractivity (Wildman–Crippen MR) is 195 cm³/mol. The summed E-state index contributed by atoms with van der Waals surface area (Å²) in [6.07, 6.45) is 26.0. The van der Waals surface area contributed by atoms with E-state index in [9.17, 15) is 24.9 Å². The second-order valence-corrected chi connectivity index (χ2v) is 17.7. The fourth-order valence-electron chi connectivity index (χ4n) is 11.6. The molecule has 4 rings (SSSR count).